The van der Waals surface area contributed by atoms with Gasteiger partial charge in [-0.3, -0.25) is 9.59 Å². The van der Waals surface area contributed by atoms with E-state index >= 15 is 0 Å². The van der Waals surface area contributed by atoms with Crippen LogP contribution < -0.4 is 0 Å². The van der Waals surface area contributed by atoms with Gasteiger partial charge < -0.3 is 0 Å². The Morgan fingerprint density at radius 3 is 0.833 bits per heavy atom. The number of allylic oxidation sites excluding steroid dienone is 4. The van der Waals surface area contributed by atoms with Gasteiger partial charge in [0.25, 0.3) is 0 Å². The van der Waals surface area contributed by atoms with Crippen LogP contribution in [0.5, 0.6) is 0 Å². The van der Waals surface area contributed by atoms with Crippen LogP contribution >= 0.6 is 92.8 Å². The number of Topliss-reactive ketones (excluding diaryl/α,β-unsaturated/α-hetero) is 2. The topological polar surface area (TPSA) is 34.1 Å². The van der Waals surface area contributed by atoms with Crippen molar-refractivity contribution in [2.75, 3.05) is 0 Å². The molecule has 0 aromatic rings. The molecule has 4 unspecified atom stereocenters. The van der Waals surface area contributed by atoms with Gasteiger partial charge >= 0.3 is 0 Å². The maximum Gasteiger partial charge on any atom is 0.186 e. The summed E-state index contributed by atoms with van der Waals surface area (Å²) in [5.41, 5.74) is 0. The highest BCUT2D eigenvalue weighted by atomic mass is 35.5. The Balaban J connectivity index is 1.80. The number of alkyl halides is 4. The van der Waals surface area contributed by atoms with E-state index in [1.54, 1.807) is 0 Å². The van der Waals surface area contributed by atoms with E-state index in [4.69, 9.17) is 92.8 Å². The highest BCUT2D eigenvalue weighted by molar-refractivity contribution is 6.65. The van der Waals surface area contributed by atoms with Gasteiger partial charge in [-0.1, -0.05) is 46.4 Å². The first-order valence-corrected chi connectivity index (χ1v) is 9.93. The SMILES string of the molecule is O=C1C2(Cl)C(Cl)=C(Cl)C1(Cl)C1C2C2C1C1(Cl)C(=O)C2(Cl)C(Cl)=C1Cl. The second kappa shape index (κ2) is 4.25. The summed E-state index contributed by atoms with van der Waals surface area (Å²) in [5, 5.41) is -0.0709. The molecule has 5 rings (SSSR count). The zero-order valence-corrected chi connectivity index (χ0v) is 17.2. The van der Waals surface area contributed by atoms with Gasteiger partial charge in [0.05, 0.1) is 20.1 Å². The second-order valence-electron chi connectivity index (χ2n) is 6.86. The molecular formula is C14H4Cl8O2. The van der Waals surface area contributed by atoms with Crippen LogP contribution in [-0.4, -0.2) is 31.1 Å². The molecule has 4 atom stereocenters. The molecular weight excluding hydrogens is 484 g/mol. The summed E-state index contributed by atoms with van der Waals surface area (Å²) < 4.78 is 0. The van der Waals surface area contributed by atoms with Gasteiger partial charge in [-0.25, -0.2) is 0 Å². The van der Waals surface area contributed by atoms with Gasteiger partial charge in [-0.05, 0) is 0 Å². The van der Waals surface area contributed by atoms with Crippen molar-refractivity contribution in [3.8, 4) is 0 Å². The number of carbonyl (C=O) groups is 2. The molecule has 10 heteroatoms. The number of hydrogen-bond donors (Lipinski definition) is 0. The summed E-state index contributed by atoms with van der Waals surface area (Å²) in [4.78, 5) is 19.3. The molecule has 4 bridgehead atoms. The Morgan fingerprint density at radius 2 is 0.667 bits per heavy atom. The molecule has 128 valence electrons. The fourth-order valence-corrected chi connectivity index (χ4v) is 9.28. The third kappa shape index (κ3) is 1.20. The van der Waals surface area contributed by atoms with Crippen molar-refractivity contribution in [3.63, 3.8) is 0 Å². The lowest BCUT2D eigenvalue weighted by Crippen LogP contribution is -2.64. The minimum Gasteiger partial charge on any atom is -0.295 e. The first-order chi connectivity index (χ1) is 10.9. The van der Waals surface area contributed by atoms with Crippen LogP contribution in [0.4, 0.5) is 0 Å². The van der Waals surface area contributed by atoms with E-state index in [-0.39, 0.29) is 20.1 Å². The minimum absolute atomic E-state index is 0.0177. The number of rotatable bonds is 0. The fourth-order valence-electron chi connectivity index (χ4n) is 5.49. The van der Waals surface area contributed by atoms with Gasteiger partial charge in [0.2, 0.25) is 0 Å². The molecule has 0 saturated heterocycles. The highest BCUT2D eigenvalue weighted by Gasteiger charge is 2.92. The predicted molar refractivity (Wildman–Crippen MR) is 95.8 cm³/mol. The third-order valence-electron chi connectivity index (χ3n) is 6.37. The summed E-state index contributed by atoms with van der Waals surface area (Å²) in [7, 11) is 0. The van der Waals surface area contributed by atoms with E-state index in [9.17, 15) is 9.59 Å². The lowest BCUT2D eigenvalue weighted by molar-refractivity contribution is -0.121. The molecule has 3 saturated carbocycles. The van der Waals surface area contributed by atoms with Gasteiger partial charge in [0.1, 0.15) is 19.5 Å². The van der Waals surface area contributed by atoms with Crippen molar-refractivity contribution >= 4 is 104 Å². The zero-order chi connectivity index (χ0) is 17.8. The fraction of sp³-hybridized carbons (Fsp3) is 0.571. The van der Waals surface area contributed by atoms with E-state index < -0.39 is 54.7 Å². The summed E-state index contributed by atoms with van der Waals surface area (Å²) in [6.45, 7) is 0. The lowest BCUT2D eigenvalue weighted by Gasteiger charge is -2.59. The third-order valence-corrected chi connectivity index (χ3v) is 11.3. The van der Waals surface area contributed by atoms with E-state index in [1.807, 2.05) is 0 Å². The van der Waals surface area contributed by atoms with Crippen LogP contribution in [0.25, 0.3) is 0 Å². The number of hydrogen-bond acceptors (Lipinski definition) is 2. The molecule has 0 heterocycles. The molecule has 3 fully saturated rings. The van der Waals surface area contributed by atoms with Crippen LogP contribution in [0.2, 0.25) is 0 Å². The molecule has 2 nitrogen and oxygen atoms in total. The number of halogens is 8. The number of fused-ring (bicyclic) bond motifs is 12. The largest absolute Gasteiger partial charge is 0.295 e. The molecule has 5 aliphatic rings. The highest BCUT2D eigenvalue weighted by Crippen LogP contribution is 2.84. The molecule has 0 amide bonds. The quantitative estimate of drug-likeness (QED) is 0.453. The summed E-state index contributed by atoms with van der Waals surface area (Å²) >= 11 is 51.4. The summed E-state index contributed by atoms with van der Waals surface area (Å²) in [5.74, 6) is -3.38. The van der Waals surface area contributed by atoms with Crippen molar-refractivity contribution in [1.29, 1.82) is 0 Å². The molecule has 0 spiro atoms. The van der Waals surface area contributed by atoms with Crippen molar-refractivity contribution in [3.05, 3.63) is 20.1 Å². The predicted octanol–water partition coefficient (Wildman–Crippen LogP) is 4.95. The second-order valence-corrected chi connectivity index (χ2v) is 10.8. The number of ketones is 2. The van der Waals surface area contributed by atoms with Gasteiger partial charge in [0, 0.05) is 23.7 Å². The Morgan fingerprint density at radius 1 is 0.500 bits per heavy atom. The van der Waals surface area contributed by atoms with Crippen LogP contribution in [-0.2, 0) is 9.59 Å². The molecule has 0 N–H and O–H groups in total. The lowest BCUT2D eigenvalue weighted by atomic mass is 9.49. The van der Waals surface area contributed by atoms with Crippen LogP contribution in [0, 0.1) is 23.7 Å². The molecule has 24 heavy (non-hydrogen) atoms. The average molecular weight is 488 g/mol. The Hall–Kier alpha value is 1.14. The summed E-state index contributed by atoms with van der Waals surface area (Å²) in [6, 6.07) is 0. The number of carbonyl (C=O) groups excluding carboxylic acids is 2. The van der Waals surface area contributed by atoms with Crippen molar-refractivity contribution in [2.24, 2.45) is 23.7 Å². The maximum atomic E-state index is 12.9. The Kier molecular flexibility index (Phi) is 3.06. The van der Waals surface area contributed by atoms with E-state index in [0.717, 1.165) is 0 Å². The zero-order valence-electron chi connectivity index (χ0n) is 11.1. The molecule has 0 radical (unpaired) electrons. The van der Waals surface area contributed by atoms with Crippen LogP contribution in [0.15, 0.2) is 20.1 Å². The summed E-state index contributed by atoms with van der Waals surface area (Å²) in [6.07, 6.45) is 0. The van der Waals surface area contributed by atoms with Crippen LogP contribution in [0.3, 0.4) is 0 Å². The van der Waals surface area contributed by atoms with Crippen LogP contribution in [0.1, 0.15) is 0 Å². The van der Waals surface area contributed by atoms with Crippen molar-refractivity contribution in [1.82, 2.24) is 0 Å². The van der Waals surface area contributed by atoms with Gasteiger partial charge in [-0.15, -0.1) is 46.4 Å². The average Bonchev–Trinajstić information content (AvgIpc) is 2.86. The smallest absolute Gasteiger partial charge is 0.186 e. The minimum atomic E-state index is -1.62. The monoisotopic (exact) mass is 484 g/mol. The van der Waals surface area contributed by atoms with E-state index in [0.29, 0.717) is 0 Å². The Bertz CT molecular complexity index is 723. The van der Waals surface area contributed by atoms with E-state index in [2.05, 4.69) is 0 Å². The van der Waals surface area contributed by atoms with E-state index in [1.165, 1.54) is 0 Å². The molecule has 0 aliphatic heterocycles. The first kappa shape index (κ1) is 17.3. The Labute approximate surface area is 176 Å². The van der Waals surface area contributed by atoms with Gasteiger partial charge in [-0.2, -0.15) is 0 Å². The van der Waals surface area contributed by atoms with Crippen molar-refractivity contribution < 1.29 is 9.59 Å². The van der Waals surface area contributed by atoms with Crippen molar-refractivity contribution in [2.45, 2.75) is 19.5 Å². The normalized spacial score (nSPS) is 60.2. The molecule has 0 aromatic carbocycles. The molecule has 5 aliphatic carbocycles. The first-order valence-electron chi connectivity index (χ1n) is 6.91. The standard InChI is InChI=1S/C14H4Cl8O2/c15-5-6(16)12(20)2-1(11(5,19)9(12)23)3-4(2)14(22)8(18)7(17)13(3,21)10(14)24/h1-4H. The molecule has 0 aromatic heterocycles. The van der Waals surface area contributed by atoms with Gasteiger partial charge in [0.15, 0.2) is 11.6 Å². The maximum absolute atomic E-state index is 12.9.